The van der Waals surface area contributed by atoms with Crippen molar-refractivity contribution in [3.63, 3.8) is 0 Å². The van der Waals surface area contributed by atoms with Gasteiger partial charge < -0.3 is 14.5 Å². The maximum atomic E-state index is 12.4. The van der Waals surface area contributed by atoms with Crippen molar-refractivity contribution in [2.45, 2.75) is 6.61 Å². The lowest BCUT2D eigenvalue weighted by molar-refractivity contribution is -0.111. The molecule has 5 rings (SSSR count). The highest BCUT2D eigenvalue weighted by atomic mass is 35.5. The molecule has 0 aliphatic carbocycles. The van der Waals surface area contributed by atoms with Gasteiger partial charge in [-0.05, 0) is 53.6 Å². The smallest absolute Gasteiger partial charge is 0.248 e. The molecule has 0 saturated carbocycles. The van der Waals surface area contributed by atoms with Gasteiger partial charge in [0.1, 0.15) is 17.9 Å². The van der Waals surface area contributed by atoms with Crippen molar-refractivity contribution < 1.29 is 13.9 Å². The molecule has 4 aromatic carbocycles. The first-order valence-electron chi connectivity index (χ1n) is 11.1. The molecule has 0 saturated heterocycles. The number of ether oxygens (including phenoxy) is 1. The number of carbonyl (C=O) groups is 1. The summed E-state index contributed by atoms with van der Waals surface area (Å²) >= 11 is 6.25. The summed E-state index contributed by atoms with van der Waals surface area (Å²) in [6.07, 6.45) is 3.23. The summed E-state index contributed by atoms with van der Waals surface area (Å²) in [5.41, 5.74) is 4.57. The minimum absolute atomic E-state index is 0.250. The van der Waals surface area contributed by atoms with Gasteiger partial charge in [-0.3, -0.25) is 4.79 Å². The van der Waals surface area contributed by atoms with Gasteiger partial charge in [0.2, 0.25) is 11.8 Å². The highest BCUT2D eigenvalue weighted by molar-refractivity contribution is 6.33. The van der Waals surface area contributed by atoms with Crippen molar-refractivity contribution in [1.29, 1.82) is 0 Å². The fourth-order valence-corrected chi connectivity index (χ4v) is 3.74. The van der Waals surface area contributed by atoms with Crippen LogP contribution < -0.4 is 10.1 Å². The standard InChI is InChI=1S/C29H21ClN2O3/c30-25-9-5-4-8-24(25)29-32-26-16-13-22(18-27(26)35-29)31-28(33)17-12-20-10-14-23(15-11-20)34-19-21-6-2-1-3-7-21/h1-18H,19H2,(H,31,33)/b17-12+. The minimum Gasteiger partial charge on any atom is -0.489 e. The molecule has 0 bridgehead atoms. The molecule has 5 nitrogen and oxygen atoms in total. The first-order valence-corrected chi connectivity index (χ1v) is 11.4. The Labute approximate surface area is 207 Å². The van der Waals surface area contributed by atoms with Gasteiger partial charge in [-0.25, -0.2) is 4.98 Å². The summed E-state index contributed by atoms with van der Waals surface area (Å²) in [5.74, 6) is 0.955. The Morgan fingerprint density at radius 2 is 1.71 bits per heavy atom. The third-order valence-electron chi connectivity index (χ3n) is 5.32. The number of hydrogen-bond acceptors (Lipinski definition) is 4. The second-order valence-electron chi connectivity index (χ2n) is 7.85. The molecule has 0 spiro atoms. The van der Waals surface area contributed by atoms with Crippen molar-refractivity contribution in [1.82, 2.24) is 4.98 Å². The second kappa shape index (κ2) is 10.3. The van der Waals surface area contributed by atoms with Crippen LogP contribution in [0, 0.1) is 0 Å². The number of benzene rings is 4. The van der Waals surface area contributed by atoms with E-state index in [0.717, 1.165) is 22.4 Å². The Balaban J connectivity index is 1.20. The molecule has 0 atom stereocenters. The molecular formula is C29H21ClN2O3. The minimum atomic E-state index is -0.250. The molecule has 172 valence electrons. The third kappa shape index (κ3) is 5.60. The van der Waals surface area contributed by atoms with Gasteiger partial charge in [-0.2, -0.15) is 0 Å². The van der Waals surface area contributed by atoms with Gasteiger partial charge in [0, 0.05) is 17.8 Å². The average Bonchev–Trinajstić information content (AvgIpc) is 3.31. The Morgan fingerprint density at radius 3 is 2.51 bits per heavy atom. The van der Waals surface area contributed by atoms with Gasteiger partial charge >= 0.3 is 0 Å². The molecule has 0 aliphatic heterocycles. The number of halogens is 1. The van der Waals surface area contributed by atoms with E-state index in [1.165, 1.54) is 6.08 Å². The highest BCUT2D eigenvalue weighted by Crippen LogP contribution is 2.30. The predicted molar refractivity (Wildman–Crippen MR) is 139 cm³/mol. The number of rotatable bonds is 7. The number of aromatic nitrogens is 1. The van der Waals surface area contributed by atoms with Crippen LogP contribution in [0.5, 0.6) is 5.75 Å². The SMILES string of the molecule is O=C(/C=C/c1ccc(OCc2ccccc2)cc1)Nc1ccc2nc(-c3ccccc3Cl)oc2c1. The summed E-state index contributed by atoms with van der Waals surface area (Å²) in [6, 6.07) is 30.3. The van der Waals surface area contributed by atoms with Crippen LogP contribution in [0.25, 0.3) is 28.6 Å². The summed E-state index contributed by atoms with van der Waals surface area (Å²) < 4.78 is 11.7. The van der Waals surface area contributed by atoms with Crippen LogP contribution in [0.4, 0.5) is 5.69 Å². The normalized spacial score (nSPS) is 11.1. The number of fused-ring (bicyclic) bond motifs is 1. The van der Waals surface area contributed by atoms with E-state index in [-0.39, 0.29) is 5.91 Å². The number of carbonyl (C=O) groups excluding carboxylic acids is 1. The Bertz CT molecular complexity index is 1490. The van der Waals surface area contributed by atoms with Gasteiger partial charge in [0.15, 0.2) is 5.58 Å². The van der Waals surface area contributed by atoms with Crippen LogP contribution in [0.2, 0.25) is 5.02 Å². The molecule has 1 N–H and O–H groups in total. The Hall–Kier alpha value is -4.35. The molecule has 0 radical (unpaired) electrons. The van der Waals surface area contributed by atoms with Gasteiger partial charge in [0.25, 0.3) is 0 Å². The zero-order valence-corrected chi connectivity index (χ0v) is 19.4. The maximum Gasteiger partial charge on any atom is 0.248 e. The number of amides is 1. The lowest BCUT2D eigenvalue weighted by atomic mass is 10.2. The maximum absolute atomic E-state index is 12.4. The van der Waals surface area contributed by atoms with E-state index in [4.69, 9.17) is 20.8 Å². The van der Waals surface area contributed by atoms with E-state index >= 15 is 0 Å². The van der Waals surface area contributed by atoms with Crippen molar-refractivity contribution in [3.05, 3.63) is 119 Å². The van der Waals surface area contributed by atoms with E-state index in [9.17, 15) is 4.79 Å². The molecular weight excluding hydrogens is 460 g/mol. The quantitative estimate of drug-likeness (QED) is 0.247. The van der Waals surface area contributed by atoms with E-state index in [1.54, 1.807) is 30.3 Å². The van der Waals surface area contributed by atoms with Crippen molar-refractivity contribution >= 4 is 40.4 Å². The van der Waals surface area contributed by atoms with Crippen LogP contribution >= 0.6 is 11.6 Å². The first kappa shape index (κ1) is 22.4. The summed E-state index contributed by atoms with van der Waals surface area (Å²) in [5, 5.41) is 3.41. The zero-order valence-electron chi connectivity index (χ0n) is 18.6. The molecule has 1 amide bonds. The predicted octanol–water partition coefficient (Wildman–Crippen LogP) is 7.38. The average molecular weight is 481 g/mol. The summed E-state index contributed by atoms with van der Waals surface area (Å²) in [7, 11) is 0. The van der Waals surface area contributed by atoms with Gasteiger partial charge in [0.05, 0.1) is 10.6 Å². The van der Waals surface area contributed by atoms with Crippen molar-refractivity contribution in [2.24, 2.45) is 0 Å². The first-order chi connectivity index (χ1) is 17.1. The number of nitrogens with zero attached hydrogens (tertiary/aromatic N) is 1. The zero-order chi connectivity index (χ0) is 24.0. The van der Waals surface area contributed by atoms with E-state index in [1.807, 2.05) is 72.8 Å². The van der Waals surface area contributed by atoms with Crippen molar-refractivity contribution in [3.8, 4) is 17.2 Å². The summed E-state index contributed by atoms with van der Waals surface area (Å²) in [4.78, 5) is 16.9. The van der Waals surface area contributed by atoms with Gasteiger partial charge in [-0.1, -0.05) is 66.2 Å². The Morgan fingerprint density at radius 1 is 0.943 bits per heavy atom. The van der Waals surface area contributed by atoms with Crippen LogP contribution in [0.15, 0.2) is 108 Å². The molecule has 0 unspecified atom stereocenters. The van der Waals surface area contributed by atoms with E-state index in [0.29, 0.717) is 34.3 Å². The second-order valence-corrected chi connectivity index (χ2v) is 8.25. The molecule has 35 heavy (non-hydrogen) atoms. The number of anilines is 1. The van der Waals surface area contributed by atoms with Crippen LogP contribution in [0.1, 0.15) is 11.1 Å². The van der Waals surface area contributed by atoms with Crippen LogP contribution in [-0.4, -0.2) is 10.9 Å². The fraction of sp³-hybridized carbons (Fsp3) is 0.0345. The number of nitrogens with one attached hydrogen (secondary N) is 1. The molecule has 1 heterocycles. The van der Waals surface area contributed by atoms with Crippen LogP contribution in [-0.2, 0) is 11.4 Å². The van der Waals surface area contributed by atoms with E-state index < -0.39 is 0 Å². The summed E-state index contributed by atoms with van der Waals surface area (Å²) in [6.45, 7) is 0.508. The highest BCUT2D eigenvalue weighted by Gasteiger charge is 2.12. The lowest BCUT2D eigenvalue weighted by Gasteiger charge is -2.06. The molecule has 6 heteroatoms. The topological polar surface area (TPSA) is 64.4 Å². The largest absolute Gasteiger partial charge is 0.489 e. The fourth-order valence-electron chi connectivity index (χ4n) is 3.52. The molecule has 0 fully saturated rings. The molecule has 1 aromatic heterocycles. The molecule has 5 aromatic rings. The number of oxazole rings is 1. The lowest BCUT2D eigenvalue weighted by Crippen LogP contribution is -2.07. The van der Waals surface area contributed by atoms with Crippen LogP contribution in [0.3, 0.4) is 0 Å². The van der Waals surface area contributed by atoms with E-state index in [2.05, 4.69) is 10.3 Å². The number of hydrogen-bond donors (Lipinski definition) is 1. The Kier molecular flexibility index (Phi) is 6.59. The van der Waals surface area contributed by atoms with Crippen molar-refractivity contribution in [2.75, 3.05) is 5.32 Å². The third-order valence-corrected chi connectivity index (χ3v) is 5.65. The molecule has 0 aliphatic rings. The van der Waals surface area contributed by atoms with Gasteiger partial charge in [-0.15, -0.1) is 0 Å². The monoisotopic (exact) mass is 480 g/mol.